The van der Waals surface area contributed by atoms with Crippen LogP contribution in [0, 0.1) is 0 Å². The van der Waals surface area contributed by atoms with Crippen LogP contribution in [0.15, 0.2) is 0 Å². The molecule has 1 fully saturated rings. The molecule has 0 spiro atoms. The molecular formula is C8H12N2O4. The maximum Gasteiger partial charge on any atom is 0.326 e. The number of hydrogen-bond acceptors (Lipinski definition) is 3. The number of hydrogen-bond donors (Lipinski definition) is 2. The summed E-state index contributed by atoms with van der Waals surface area (Å²) in [5.74, 6) is -1.72. The number of carboxylic acid groups (broad SMARTS) is 1. The number of rotatable bonds is 2. The molecule has 78 valence electrons. The monoisotopic (exact) mass is 200 g/mol. The summed E-state index contributed by atoms with van der Waals surface area (Å²) in [7, 11) is 0. The van der Waals surface area contributed by atoms with Gasteiger partial charge in [-0.05, 0) is 20.8 Å². The molecule has 1 unspecified atom stereocenters. The molecule has 1 saturated heterocycles. The van der Waals surface area contributed by atoms with Crippen LogP contribution in [-0.4, -0.2) is 39.5 Å². The van der Waals surface area contributed by atoms with Crippen LogP contribution in [0.4, 0.5) is 4.79 Å². The van der Waals surface area contributed by atoms with Gasteiger partial charge in [0.2, 0.25) is 0 Å². The highest BCUT2D eigenvalue weighted by atomic mass is 16.4. The van der Waals surface area contributed by atoms with Gasteiger partial charge < -0.3 is 10.4 Å². The van der Waals surface area contributed by atoms with Crippen molar-refractivity contribution in [2.45, 2.75) is 32.4 Å². The average Bonchev–Trinajstić information content (AvgIpc) is 2.21. The zero-order valence-corrected chi connectivity index (χ0v) is 8.20. The van der Waals surface area contributed by atoms with Crippen molar-refractivity contribution in [3.63, 3.8) is 0 Å². The van der Waals surface area contributed by atoms with Crippen LogP contribution < -0.4 is 5.32 Å². The van der Waals surface area contributed by atoms with E-state index in [-0.39, 0.29) is 0 Å². The Morgan fingerprint density at radius 2 is 2.00 bits per heavy atom. The number of nitrogens with one attached hydrogen (secondary N) is 1. The van der Waals surface area contributed by atoms with Crippen LogP contribution in [0.25, 0.3) is 0 Å². The highest BCUT2D eigenvalue weighted by Gasteiger charge is 2.47. The van der Waals surface area contributed by atoms with Gasteiger partial charge in [-0.1, -0.05) is 0 Å². The number of aliphatic carboxylic acids is 1. The fraction of sp³-hybridized carbons (Fsp3) is 0.625. The third-order valence-corrected chi connectivity index (χ3v) is 2.14. The van der Waals surface area contributed by atoms with E-state index >= 15 is 0 Å². The van der Waals surface area contributed by atoms with Crippen molar-refractivity contribution in [2.75, 3.05) is 0 Å². The van der Waals surface area contributed by atoms with Gasteiger partial charge in [-0.25, -0.2) is 14.5 Å². The summed E-state index contributed by atoms with van der Waals surface area (Å²) in [5.41, 5.74) is -1.01. The van der Waals surface area contributed by atoms with E-state index in [2.05, 4.69) is 5.32 Å². The van der Waals surface area contributed by atoms with Gasteiger partial charge in [0.1, 0.15) is 11.6 Å². The fourth-order valence-electron chi connectivity index (χ4n) is 1.24. The molecule has 3 amide bonds. The van der Waals surface area contributed by atoms with E-state index in [0.29, 0.717) is 0 Å². The molecule has 1 aliphatic heterocycles. The van der Waals surface area contributed by atoms with Crippen LogP contribution in [0.2, 0.25) is 0 Å². The number of amides is 3. The summed E-state index contributed by atoms with van der Waals surface area (Å²) in [6.45, 7) is 4.35. The minimum atomic E-state index is -1.20. The molecule has 0 aromatic heterocycles. The number of carboxylic acids is 1. The summed E-state index contributed by atoms with van der Waals surface area (Å²) < 4.78 is 0. The van der Waals surface area contributed by atoms with Gasteiger partial charge >= 0.3 is 12.0 Å². The lowest BCUT2D eigenvalue weighted by Crippen LogP contribution is -2.45. The summed E-state index contributed by atoms with van der Waals surface area (Å²) in [4.78, 5) is 34.2. The van der Waals surface area contributed by atoms with E-state index in [4.69, 9.17) is 5.11 Å². The molecule has 0 aromatic carbocycles. The first-order chi connectivity index (χ1) is 6.27. The Labute approximate surface area is 80.9 Å². The average molecular weight is 200 g/mol. The van der Waals surface area contributed by atoms with Crippen molar-refractivity contribution >= 4 is 17.9 Å². The third-order valence-electron chi connectivity index (χ3n) is 2.14. The first-order valence-electron chi connectivity index (χ1n) is 4.16. The van der Waals surface area contributed by atoms with Gasteiger partial charge in [0.25, 0.3) is 5.91 Å². The second-order valence-corrected chi connectivity index (χ2v) is 3.74. The van der Waals surface area contributed by atoms with E-state index in [0.717, 1.165) is 4.90 Å². The topological polar surface area (TPSA) is 86.7 Å². The second-order valence-electron chi connectivity index (χ2n) is 3.74. The molecule has 0 aliphatic carbocycles. The first-order valence-corrected chi connectivity index (χ1v) is 4.16. The summed E-state index contributed by atoms with van der Waals surface area (Å²) >= 11 is 0. The zero-order valence-electron chi connectivity index (χ0n) is 8.20. The van der Waals surface area contributed by atoms with E-state index in [9.17, 15) is 14.4 Å². The molecule has 6 nitrogen and oxygen atoms in total. The molecule has 1 rings (SSSR count). The van der Waals surface area contributed by atoms with Gasteiger partial charge in [-0.3, -0.25) is 4.79 Å². The standard InChI is InChI=1S/C8H12N2O4/c1-4(5(11)12)10-6(13)8(2,3)9-7(10)14/h4H,1-3H3,(H,9,14)(H,11,12). The SMILES string of the molecule is CC(C(=O)O)N1C(=O)NC(C)(C)C1=O. The van der Waals surface area contributed by atoms with Crippen molar-refractivity contribution in [3.05, 3.63) is 0 Å². The van der Waals surface area contributed by atoms with Crippen molar-refractivity contribution in [2.24, 2.45) is 0 Å². The molecule has 14 heavy (non-hydrogen) atoms. The highest BCUT2D eigenvalue weighted by molar-refractivity contribution is 6.08. The van der Waals surface area contributed by atoms with Crippen LogP contribution in [0.3, 0.4) is 0 Å². The number of carbonyl (C=O) groups is 3. The molecule has 1 atom stereocenters. The fourth-order valence-corrected chi connectivity index (χ4v) is 1.24. The Kier molecular flexibility index (Phi) is 2.22. The van der Waals surface area contributed by atoms with E-state index < -0.39 is 29.5 Å². The van der Waals surface area contributed by atoms with Gasteiger partial charge in [0, 0.05) is 0 Å². The van der Waals surface area contributed by atoms with Gasteiger partial charge in [-0.2, -0.15) is 0 Å². The van der Waals surface area contributed by atoms with Gasteiger partial charge in [0.15, 0.2) is 0 Å². The van der Waals surface area contributed by atoms with E-state index in [1.54, 1.807) is 0 Å². The van der Waals surface area contributed by atoms with E-state index in [1.165, 1.54) is 20.8 Å². The molecule has 0 saturated carbocycles. The molecular weight excluding hydrogens is 188 g/mol. The lowest BCUT2D eigenvalue weighted by Gasteiger charge is -2.18. The van der Waals surface area contributed by atoms with Crippen LogP contribution in [0.5, 0.6) is 0 Å². The zero-order chi connectivity index (χ0) is 11.1. The third kappa shape index (κ3) is 1.43. The Morgan fingerprint density at radius 1 is 1.50 bits per heavy atom. The van der Waals surface area contributed by atoms with Crippen LogP contribution in [0.1, 0.15) is 20.8 Å². The Morgan fingerprint density at radius 3 is 2.29 bits per heavy atom. The highest BCUT2D eigenvalue weighted by Crippen LogP contribution is 2.18. The lowest BCUT2D eigenvalue weighted by atomic mass is 10.1. The second kappa shape index (κ2) is 2.97. The maximum atomic E-state index is 11.6. The molecule has 2 N–H and O–H groups in total. The Balaban J connectivity index is 2.97. The molecule has 1 aliphatic rings. The molecule has 6 heteroatoms. The normalized spacial score (nSPS) is 22.1. The van der Waals surface area contributed by atoms with Crippen LogP contribution >= 0.6 is 0 Å². The largest absolute Gasteiger partial charge is 0.480 e. The predicted molar refractivity (Wildman–Crippen MR) is 46.6 cm³/mol. The minimum absolute atomic E-state index is 0.516. The quantitative estimate of drug-likeness (QED) is 0.604. The van der Waals surface area contributed by atoms with Crippen molar-refractivity contribution < 1.29 is 19.5 Å². The molecule has 0 aromatic rings. The van der Waals surface area contributed by atoms with Crippen molar-refractivity contribution in [1.29, 1.82) is 0 Å². The first kappa shape index (κ1) is 10.5. The Hall–Kier alpha value is -1.59. The van der Waals surface area contributed by atoms with Gasteiger partial charge in [0.05, 0.1) is 0 Å². The molecule has 0 radical (unpaired) electrons. The van der Waals surface area contributed by atoms with Crippen molar-refractivity contribution in [1.82, 2.24) is 10.2 Å². The number of nitrogens with zero attached hydrogens (tertiary/aromatic N) is 1. The van der Waals surface area contributed by atoms with Crippen LogP contribution in [-0.2, 0) is 9.59 Å². The minimum Gasteiger partial charge on any atom is -0.480 e. The molecule has 1 heterocycles. The smallest absolute Gasteiger partial charge is 0.326 e. The van der Waals surface area contributed by atoms with Crippen molar-refractivity contribution in [3.8, 4) is 0 Å². The summed E-state index contributed by atoms with van der Waals surface area (Å²) in [6, 6.07) is -1.79. The Bertz CT molecular complexity index is 310. The maximum absolute atomic E-state index is 11.6. The predicted octanol–water partition coefficient (Wildman–Crippen LogP) is -0.210. The number of urea groups is 1. The molecule has 0 bridgehead atoms. The number of imide groups is 1. The van der Waals surface area contributed by atoms with Gasteiger partial charge in [-0.15, -0.1) is 0 Å². The summed E-state index contributed by atoms with van der Waals surface area (Å²) in [6.07, 6.45) is 0. The lowest BCUT2D eigenvalue weighted by molar-refractivity contribution is -0.146. The van der Waals surface area contributed by atoms with E-state index in [1.807, 2.05) is 0 Å². The summed E-state index contributed by atoms with van der Waals surface area (Å²) in [5, 5.41) is 11.1. The number of carbonyl (C=O) groups excluding carboxylic acids is 2.